The van der Waals surface area contributed by atoms with Gasteiger partial charge in [0.15, 0.2) is 11.6 Å². The van der Waals surface area contributed by atoms with Crippen molar-refractivity contribution in [2.45, 2.75) is 38.7 Å². The first-order chi connectivity index (χ1) is 18.1. The lowest BCUT2D eigenvalue weighted by Gasteiger charge is -2.39. The van der Waals surface area contributed by atoms with Crippen molar-refractivity contribution in [1.29, 1.82) is 0 Å². The second kappa shape index (κ2) is 11.6. The van der Waals surface area contributed by atoms with Gasteiger partial charge >= 0.3 is 5.97 Å². The average Bonchev–Trinajstić information content (AvgIpc) is 2.89. The van der Waals surface area contributed by atoms with E-state index in [2.05, 4.69) is 10.3 Å². The van der Waals surface area contributed by atoms with Crippen LogP contribution in [0.4, 0.5) is 18.9 Å². The number of aliphatic hydroxyl groups excluding tert-OH is 1. The van der Waals surface area contributed by atoms with Gasteiger partial charge in [0.2, 0.25) is 0 Å². The number of methoxy groups -OCH3 is 1. The number of ether oxygens (including phenoxy) is 1. The second-order valence-electron chi connectivity index (χ2n) is 9.89. The third-order valence-corrected chi connectivity index (χ3v) is 7.55. The molecule has 1 atom stereocenters. The first-order valence-electron chi connectivity index (χ1n) is 12.6. The van der Waals surface area contributed by atoms with Crippen molar-refractivity contribution in [2.75, 3.05) is 38.6 Å². The number of carboxylic acid groups (broad SMARTS) is 1. The molecule has 4 rings (SSSR count). The quantitative estimate of drug-likeness (QED) is 0.337. The number of carboxylic acids is 1. The standard InChI is InChI=1S/C28H32F3N3O4/c1-17-16-33-23-4-3-19(38-2)15-20(23)25(17)24(35)5-6-28(27(36)37)7-10-34(11-8-28)12-9-32-26-21(30)13-18(29)14-22(26)31/h3-4,13-16,24,32,35H,5-12H2,1-2H3,(H,36,37). The van der Waals surface area contributed by atoms with Gasteiger partial charge in [-0.15, -0.1) is 0 Å². The van der Waals surface area contributed by atoms with E-state index in [4.69, 9.17) is 4.74 Å². The van der Waals surface area contributed by atoms with Crippen LogP contribution >= 0.6 is 0 Å². The van der Waals surface area contributed by atoms with Crippen molar-refractivity contribution >= 4 is 22.6 Å². The highest BCUT2D eigenvalue weighted by molar-refractivity contribution is 5.85. The molecule has 0 amide bonds. The van der Waals surface area contributed by atoms with Crippen molar-refractivity contribution < 1.29 is 32.9 Å². The number of aromatic nitrogens is 1. The Kier molecular flexibility index (Phi) is 8.42. The maximum absolute atomic E-state index is 13.8. The monoisotopic (exact) mass is 531 g/mol. The molecule has 204 valence electrons. The summed E-state index contributed by atoms with van der Waals surface area (Å²) in [4.78, 5) is 18.8. The molecule has 3 aromatic rings. The first-order valence-corrected chi connectivity index (χ1v) is 12.6. The van der Waals surface area contributed by atoms with E-state index in [1.807, 2.05) is 24.0 Å². The number of piperidine rings is 1. The molecule has 1 aliphatic rings. The highest BCUT2D eigenvalue weighted by Gasteiger charge is 2.41. The molecule has 1 unspecified atom stereocenters. The number of fused-ring (bicyclic) bond motifs is 1. The van der Waals surface area contributed by atoms with Gasteiger partial charge in [0, 0.05) is 36.8 Å². The molecular weight excluding hydrogens is 499 g/mol. The zero-order valence-electron chi connectivity index (χ0n) is 21.4. The van der Waals surface area contributed by atoms with Gasteiger partial charge in [0.25, 0.3) is 0 Å². The van der Waals surface area contributed by atoms with Crippen LogP contribution < -0.4 is 10.1 Å². The van der Waals surface area contributed by atoms with Gasteiger partial charge in [0.1, 0.15) is 17.3 Å². The maximum Gasteiger partial charge on any atom is 0.309 e. The van der Waals surface area contributed by atoms with E-state index >= 15 is 0 Å². The minimum absolute atomic E-state index is 0.218. The Labute approximate surface area is 219 Å². The first kappa shape index (κ1) is 27.7. The largest absolute Gasteiger partial charge is 0.497 e. The smallest absolute Gasteiger partial charge is 0.309 e. The zero-order chi connectivity index (χ0) is 27.4. The van der Waals surface area contributed by atoms with Crippen molar-refractivity contribution in [2.24, 2.45) is 5.41 Å². The summed E-state index contributed by atoms with van der Waals surface area (Å²) in [6.07, 6.45) is 2.18. The molecule has 0 saturated carbocycles. The molecule has 10 heteroatoms. The van der Waals surface area contributed by atoms with Crippen LogP contribution in [-0.2, 0) is 4.79 Å². The third kappa shape index (κ3) is 5.86. The molecule has 38 heavy (non-hydrogen) atoms. The number of hydrogen-bond acceptors (Lipinski definition) is 6. The molecule has 0 spiro atoms. The van der Waals surface area contributed by atoms with Gasteiger partial charge in [-0.1, -0.05) is 0 Å². The van der Waals surface area contributed by atoms with Crippen LogP contribution in [0.1, 0.15) is 42.9 Å². The number of carbonyl (C=O) groups is 1. The van der Waals surface area contributed by atoms with E-state index < -0.39 is 34.9 Å². The number of pyridine rings is 1. The number of aliphatic carboxylic acids is 1. The normalized spacial score (nSPS) is 16.4. The number of nitrogens with zero attached hydrogens (tertiary/aromatic N) is 2. The predicted octanol–water partition coefficient (Wildman–Crippen LogP) is 5.06. The fourth-order valence-electron chi connectivity index (χ4n) is 5.24. The van der Waals surface area contributed by atoms with E-state index in [1.54, 1.807) is 19.4 Å². The molecule has 1 aliphatic heterocycles. The van der Waals surface area contributed by atoms with Gasteiger partial charge in [0.05, 0.1) is 24.1 Å². The topological polar surface area (TPSA) is 94.9 Å². The van der Waals surface area contributed by atoms with Crippen molar-refractivity contribution in [3.8, 4) is 5.75 Å². The number of hydrogen-bond donors (Lipinski definition) is 3. The summed E-state index contributed by atoms with van der Waals surface area (Å²) in [6, 6.07) is 6.70. The van der Waals surface area contributed by atoms with Gasteiger partial charge < -0.3 is 25.2 Å². The maximum atomic E-state index is 13.8. The summed E-state index contributed by atoms with van der Waals surface area (Å²) in [7, 11) is 1.57. The van der Waals surface area contributed by atoms with Crippen LogP contribution in [-0.4, -0.2) is 59.4 Å². The second-order valence-corrected chi connectivity index (χ2v) is 9.89. The molecule has 0 bridgehead atoms. The van der Waals surface area contributed by atoms with E-state index in [0.29, 0.717) is 56.8 Å². The number of halogens is 3. The average molecular weight is 532 g/mol. The number of anilines is 1. The zero-order valence-corrected chi connectivity index (χ0v) is 21.4. The van der Waals surface area contributed by atoms with Crippen LogP contribution in [0.25, 0.3) is 10.9 Å². The van der Waals surface area contributed by atoms with E-state index in [0.717, 1.165) is 22.0 Å². The van der Waals surface area contributed by atoms with Crippen molar-refractivity contribution in [3.05, 3.63) is 65.1 Å². The SMILES string of the molecule is COc1ccc2ncc(C)c(C(O)CCC3(C(=O)O)CCN(CCNc4c(F)cc(F)cc4F)CC3)c2c1. The lowest BCUT2D eigenvalue weighted by molar-refractivity contribution is -0.153. The Balaban J connectivity index is 1.37. The van der Waals surface area contributed by atoms with E-state index in [-0.39, 0.29) is 18.7 Å². The Morgan fingerprint density at radius 1 is 1.18 bits per heavy atom. The Bertz CT molecular complexity index is 1290. The lowest BCUT2D eigenvalue weighted by Crippen LogP contribution is -2.45. The molecule has 7 nitrogen and oxygen atoms in total. The fraction of sp³-hybridized carbons (Fsp3) is 0.429. The lowest BCUT2D eigenvalue weighted by atomic mass is 9.74. The molecule has 3 N–H and O–H groups in total. The highest BCUT2D eigenvalue weighted by atomic mass is 19.1. The number of aryl methyl sites for hydroxylation is 1. The van der Waals surface area contributed by atoms with Crippen molar-refractivity contribution in [1.82, 2.24) is 9.88 Å². The van der Waals surface area contributed by atoms with Gasteiger partial charge in [-0.25, -0.2) is 13.2 Å². The number of benzene rings is 2. The van der Waals surface area contributed by atoms with Gasteiger partial charge in [-0.2, -0.15) is 0 Å². The molecule has 1 fully saturated rings. The minimum Gasteiger partial charge on any atom is -0.497 e. The van der Waals surface area contributed by atoms with Crippen LogP contribution in [0.3, 0.4) is 0 Å². The Hall–Kier alpha value is -3.37. The Morgan fingerprint density at radius 3 is 2.50 bits per heavy atom. The molecule has 2 aromatic carbocycles. The van der Waals surface area contributed by atoms with Gasteiger partial charge in [-0.3, -0.25) is 9.78 Å². The van der Waals surface area contributed by atoms with Gasteiger partial charge in [-0.05, 0) is 75.0 Å². The summed E-state index contributed by atoms with van der Waals surface area (Å²) in [5, 5.41) is 24.7. The molecular formula is C28H32F3N3O4. The molecule has 2 heterocycles. The number of aliphatic hydroxyl groups is 1. The number of rotatable bonds is 10. The summed E-state index contributed by atoms with van der Waals surface area (Å²) < 4.78 is 46.1. The molecule has 0 aliphatic carbocycles. The van der Waals surface area contributed by atoms with E-state index in [9.17, 15) is 28.2 Å². The summed E-state index contributed by atoms with van der Waals surface area (Å²) >= 11 is 0. The third-order valence-electron chi connectivity index (χ3n) is 7.55. The number of nitrogens with one attached hydrogen (secondary N) is 1. The summed E-state index contributed by atoms with van der Waals surface area (Å²) in [5.74, 6) is -3.23. The molecule has 1 aromatic heterocycles. The summed E-state index contributed by atoms with van der Waals surface area (Å²) in [5.41, 5.74) is 0.904. The number of likely N-dealkylation sites (tertiary alicyclic amines) is 1. The van der Waals surface area contributed by atoms with Crippen molar-refractivity contribution in [3.63, 3.8) is 0 Å². The fourth-order valence-corrected chi connectivity index (χ4v) is 5.24. The Morgan fingerprint density at radius 2 is 1.87 bits per heavy atom. The minimum atomic E-state index is -1.000. The molecule has 0 radical (unpaired) electrons. The summed E-state index contributed by atoms with van der Waals surface area (Å²) in [6.45, 7) is 3.52. The van der Waals surface area contributed by atoms with Crippen LogP contribution in [0.15, 0.2) is 36.5 Å². The van der Waals surface area contributed by atoms with Crippen LogP contribution in [0.2, 0.25) is 0 Å². The van der Waals surface area contributed by atoms with Crippen LogP contribution in [0, 0.1) is 29.8 Å². The highest BCUT2D eigenvalue weighted by Crippen LogP contribution is 2.40. The van der Waals surface area contributed by atoms with E-state index in [1.165, 1.54) is 0 Å². The van der Waals surface area contributed by atoms with Crippen LogP contribution in [0.5, 0.6) is 5.75 Å². The predicted molar refractivity (Wildman–Crippen MR) is 138 cm³/mol. The molecule has 1 saturated heterocycles.